The van der Waals surface area contributed by atoms with Crippen LogP contribution in [0.1, 0.15) is 56.6 Å². The summed E-state index contributed by atoms with van der Waals surface area (Å²) in [5.74, 6) is -0.190. The number of rotatable bonds is 3. The molecule has 1 N–H and O–H groups in total. The fourth-order valence-corrected chi connectivity index (χ4v) is 7.94. The molecule has 7 rings (SSSR count). The first-order chi connectivity index (χ1) is 18.4. The van der Waals surface area contributed by atoms with Crippen LogP contribution in [0.5, 0.6) is 0 Å². The minimum Gasteiger partial charge on any atom is -0.327 e. The normalized spacial score (nSPS) is 23.5. The van der Waals surface area contributed by atoms with Crippen molar-refractivity contribution in [3.8, 4) is 0 Å². The van der Waals surface area contributed by atoms with E-state index in [-0.39, 0.29) is 7.47 Å². The lowest BCUT2D eigenvalue weighted by Gasteiger charge is -2.58. The van der Waals surface area contributed by atoms with Crippen LogP contribution in [0.3, 0.4) is 0 Å². The molecule has 3 aliphatic rings. The van der Waals surface area contributed by atoms with E-state index in [9.17, 15) is 9.59 Å². The zero-order valence-electron chi connectivity index (χ0n) is 21.8. The molecule has 2 aliphatic heterocycles. The molecule has 9 heteroatoms. The highest BCUT2D eigenvalue weighted by atomic mass is 32.1. The Labute approximate surface area is 227 Å². The average molecular weight is 531 g/mol. The van der Waals surface area contributed by atoms with E-state index >= 15 is 0 Å². The molecule has 0 bridgehead atoms. The summed E-state index contributed by atoms with van der Waals surface area (Å²) in [6.45, 7) is 5.14. The van der Waals surface area contributed by atoms with Crippen molar-refractivity contribution >= 4 is 44.7 Å². The third-order valence-electron chi connectivity index (χ3n) is 8.66. The van der Waals surface area contributed by atoms with Crippen LogP contribution in [-0.4, -0.2) is 62.7 Å². The molecule has 1 spiro atoms. The molecule has 4 aromatic rings. The molecule has 5 heterocycles. The number of fused-ring (bicyclic) bond motifs is 2. The highest BCUT2D eigenvalue weighted by molar-refractivity contribution is 7.18. The molecule has 3 aromatic heterocycles. The van der Waals surface area contributed by atoms with Gasteiger partial charge in [-0.3, -0.25) is 9.59 Å². The molecular formula is C29H34N6O2S. The third kappa shape index (κ3) is 4.08. The fraction of sp³-hybridized carbons (Fsp3) is 0.448. The van der Waals surface area contributed by atoms with E-state index in [0.29, 0.717) is 35.1 Å². The first-order valence-electron chi connectivity index (χ1n) is 13.5. The summed E-state index contributed by atoms with van der Waals surface area (Å²) in [7, 11) is 2.20. The average Bonchev–Trinajstić information content (AvgIpc) is 3.50. The molecule has 1 aromatic carbocycles. The van der Waals surface area contributed by atoms with E-state index in [4.69, 9.17) is 4.98 Å². The summed E-state index contributed by atoms with van der Waals surface area (Å²) < 4.78 is 3.05. The number of anilines is 1. The molecule has 1 saturated carbocycles. The van der Waals surface area contributed by atoms with Gasteiger partial charge in [-0.2, -0.15) is 0 Å². The van der Waals surface area contributed by atoms with Crippen LogP contribution in [-0.2, 0) is 9.59 Å². The first-order valence-corrected chi connectivity index (χ1v) is 14.3. The standard InChI is InChI=1S/C29H32N6O2S.H2/c1-18-3-5-23(35(15-18)28(37)26(36)31-21-7-9-34-10-8-30-25(34)12-21)19-4-6-24-22(11-19)32-27(38-24)20-13-29(14-20)16-33(2)17-29;/h4,6-12,18,20,23H,3,5,13-17H2,1-2H3,(H,31,36);1H/t18-,23+;/m0./s1. The van der Waals surface area contributed by atoms with Gasteiger partial charge in [-0.25, -0.2) is 9.97 Å². The van der Waals surface area contributed by atoms with Gasteiger partial charge in [0.25, 0.3) is 0 Å². The molecule has 2 amide bonds. The van der Waals surface area contributed by atoms with Gasteiger partial charge in [0.05, 0.1) is 21.3 Å². The van der Waals surface area contributed by atoms with Crippen molar-refractivity contribution in [1.29, 1.82) is 0 Å². The minimum atomic E-state index is -0.613. The second-order valence-electron chi connectivity index (χ2n) is 11.8. The minimum absolute atomic E-state index is 0. The first kappa shape index (κ1) is 23.8. The Hall–Kier alpha value is -3.30. The summed E-state index contributed by atoms with van der Waals surface area (Å²) in [5, 5.41) is 4.03. The Morgan fingerprint density at radius 3 is 2.79 bits per heavy atom. The Morgan fingerprint density at radius 1 is 1.13 bits per heavy atom. The smallest absolute Gasteiger partial charge is 0.313 e. The van der Waals surface area contributed by atoms with Crippen LogP contribution < -0.4 is 5.32 Å². The number of nitrogens with one attached hydrogen (secondary N) is 1. The third-order valence-corrected chi connectivity index (χ3v) is 9.86. The molecule has 0 radical (unpaired) electrons. The van der Waals surface area contributed by atoms with Gasteiger partial charge in [0.2, 0.25) is 0 Å². The highest BCUT2D eigenvalue weighted by Gasteiger charge is 2.52. The van der Waals surface area contributed by atoms with Crippen LogP contribution >= 0.6 is 11.3 Å². The van der Waals surface area contributed by atoms with Crippen molar-refractivity contribution in [2.45, 2.75) is 44.6 Å². The lowest BCUT2D eigenvalue weighted by Crippen LogP contribution is -2.59. The Kier molecular flexibility index (Phi) is 5.56. The van der Waals surface area contributed by atoms with E-state index in [1.54, 1.807) is 23.2 Å². The van der Waals surface area contributed by atoms with E-state index in [0.717, 1.165) is 23.9 Å². The number of nitrogens with zero attached hydrogens (tertiary/aromatic N) is 5. The van der Waals surface area contributed by atoms with Crippen molar-refractivity contribution in [2.75, 3.05) is 32.0 Å². The number of pyridine rings is 1. The maximum atomic E-state index is 13.4. The lowest BCUT2D eigenvalue weighted by atomic mass is 9.58. The molecule has 2 atom stereocenters. The number of imidazole rings is 1. The molecule has 1 aliphatic carbocycles. The van der Waals surface area contributed by atoms with Crippen molar-refractivity contribution in [2.24, 2.45) is 11.3 Å². The zero-order chi connectivity index (χ0) is 26.0. The number of hydrogen-bond acceptors (Lipinski definition) is 6. The van der Waals surface area contributed by atoms with Gasteiger partial charge in [0, 0.05) is 57.3 Å². The fourth-order valence-electron chi connectivity index (χ4n) is 6.89. The molecular weight excluding hydrogens is 496 g/mol. The number of carbonyl (C=O) groups is 2. The van der Waals surface area contributed by atoms with Crippen molar-refractivity contribution < 1.29 is 11.0 Å². The van der Waals surface area contributed by atoms with Crippen molar-refractivity contribution in [3.63, 3.8) is 0 Å². The van der Waals surface area contributed by atoms with E-state index < -0.39 is 11.8 Å². The Morgan fingerprint density at radius 2 is 1.97 bits per heavy atom. The maximum absolute atomic E-state index is 13.4. The van der Waals surface area contributed by atoms with E-state index in [1.165, 1.54) is 35.6 Å². The number of amides is 2. The summed E-state index contributed by atoms with van der Waals surface area (Å²) in [5.41, 5.74) is 3.89. The summed E-state index contributed by atoms with van der Waals surface area (Å²) >= 11 is 1.81. The number of aromatic nitrogens is 3. The van der Waals surface area contributed by atoms with Gasteiger partial charge in [0.15, 0.2) is 0 Å². The number of likely N-dealkylation sites (tertiary alicyclic amines) is 2. The van der Waals surface area contributed by atoms with E-state index in [2.05, 4.69) is 47.4 Å². The van der Waals surface area contributed by atoms with Crippen molar-refractivity contribution in [1.82, 2.24) is 24.2 Å². The highest BCUT2D eigenvalue weighted by Crippen LogP contribution is 2.56. The second kappa shape index (κ2) is 8.88. The number of carbonyl (C=O) groups excluding carboxylic acids is 2. The number of hydrogen-bond donors (Lipinski definition) is 1. The summed E-state index contributed by atoms with van der Waals surface area (Å²) in [6.07, 6.45) is 9.70. The second-order valence-corrected chi connectivity index (χ2v) is 12.8. The maximum Gasteiger partial charge on any atom is 0.313 e. The monoisotopic (exact) mass is 530 g/mol. The van der Waals surface area contributed by atoms with Gasteiger partial charge in [-0.1, -0.05) is 13.0 Å². The predicted octanol–water partition coefficient (Wildman–Crippen LogP) is 4.94. The topological polar surface area (TPSA) is 82.8 Å². The number of benzene rings is 1. The zero-order valence-corrected chi connectivity index (χ0v) is 22.6. The molecule has 198 valence electrons. The van der Waals surface area contributed by atoms with E-state index in [1.807, 2.05) is 28.1 Å². The molecule has 3 fully saturated rings. The lowest BCUT2D eigenvalue weighted by molar-refractivity contribution is -0.146. The number of thiazole rings is 1. The summed E-state index contributed by atoms with van der Waals surface area (Å²) in [4.78, 5) is 40.0. The van der Waals surface area contributed by atoms with Crippen LogP contribution in [0, 0.1) is 11.3 Å². The Bertz CT molecular complexity index is 1550. The van der Waals surface area contributed by atoms with Crippen LogP contribution in [0.4, 0.5) is 5.69 Å². The molecule has 0 unspecified atom stereocenters. The molecule has 38 heavy (non-hydrogen) atoms. The van der Waals surface area contributed by atoms with Gasteiger partial charge in [0.1, 0.15) is 5.65 Å². The van der Waals surface area contributed by atoms with Crippen LogP contribution in [0.2, 0.25) is 0 Å². The Balaban J connectivity index is 0.00000277. The van der Waals surface area contributed by atoms with Gasteiger partial charge in [-0.05, 0) is 67.8 Å². The molecule has 2 saturated heterocycles. The number of piperidine rings is 1. The van der Waals surface area contributed by atoms with Gasteiger partial charge < -0.3 is 19.5 Å². The SMILES string of the molecule is C[C@H]1CC[C@H](c2ccc3sc(C4CC5(C4)CN(C)C5)nc3c2)N(C(=O)C(=O)Nc2ccn3ccnc3c2)C1.[HH]. The van der Waals surface area contributed by atoms with Gasteiger partial charge >= 0.3 is 11.8 Å². The van der Waals surface area contributed by atoms with Crippen LogP contribution in [0.15, 0.2) is 48.9 Å². The molecule has 8 nitrogen and oxygen atoms in total. The largest absolute Gasteiger partial charge is 0.327 e. The van der Waals surface area contributed by atoms with Crippen LogP contribution in [0.25, 0.3) is 15.9 Å². The van der Waals surface area contributed by atoms with Crippen molar-refractivity contribution in [3.05, 3.63) is 59.5 Å². The van der Waals surface area contributed by atoms with Gasteiger partial charge in [-0.15, -0.1) is 11.3 Å². The predicted molar refractivity (Wildman–Crippen MR) is 150 cm³/mol. The quantitative estimate of drug-likeness (QED) is 0.380. The summed E-state index contributed by atoms with van der Waals surface area (Å²) in [6, 6.07) is 9.83.